The van der Waals surface area contributed by atoms with E-state index in [9.17, 15) is 14.4 Å². The molecule has 9 heteroatoms. The summed E-state index contributed by atoms with van der Waals surface area (Å²) in [7, 11) is 3.93. The number of Topliss-reactive ketones (excluding diaryl/α,β-unsaturated/α-hetero) is 1. The molecule has 33 heavy (non-hydrogen) atoms. The van der Waals surface area contributed by atoms with Crippen LogP contribution < -0.4 is 4.90 Å². The van der Waals surface area contributed by atoms with Crippen molar-refractivity contribution in [3.8, 4) is 5.69 Å². The highest BCUT2D eigenvalue weighted by molar-refractivity contribution is 6.18. The van der Waals surface area contributed by atoms with Gasteiger partial charge in [0.05, 0.1) is 22.9 Å². The predicted molar refractivity (Wildman–Crippen MR) is 122 cm³/mol. The van der Waals surface area contributed by atoms with Gasteiger partial charge in [0.15, 0.2) is 5.78 Å². The number of ether oxygens (including phenoxy) is 2. The van der Waals surface area contributed by atoms with Crippen LogP contribution in [-0.4, -0.2) is 52.4 Å². The highest BCUT2D eigenvalue weighted by Crippen LogP contribution is 2.34. The quantitative estimate of drug-likeness (QED) is 0.485. The molecule has 0 N–H and O–H groups in total. The molecule has 0 bridgehead atoms. The topological polar surface area (TPSA) is 104 Å². The standard InChI is InChI=1S/C24H30N4O5/c1-23(2,3)33-21(30)19-13-24(4,12-11-20(19)29)22(31)32-15-16-14-28(26-25-16)18-9-7-17(8-10-18)27(5)6/h7-10,13-14H,11-12,15H2,1-6H3. The van der Waals surface area contributed by atoms with Crippen molar-refractivity contribution in [1.82, 2.24) is 15.0 Å². The van der Waals surface area contributed by atoms with E-state index in [2.05, 4.69) is 10.3 Å². The molecule has 1 heterocycles. The first-order valence-corrected chi connectivity index (χ1v) is 10.7. The van der Waals surface area contributed by atoms with E-state index in [-0.39, 0.29) is 30.8 Å². The Kier molecular flexibility index (Phi) is 6.71. The first-order valence-electron chi connectivity index (χ1n) is 10.7. The maximum atomic E-state index is 12.8. The minimum absolute atomic E-state index is 0.0653. The van der Waals surface area contributed by atoms with Gasteiger partial charge in [-0.2, -0.15) is 0 Å². The van der Waals surface area contributed by atoms with Crippen molar-refractivity contribution in [2.45, 2.75) is 52.7 Å². The third-order valence-electron chi connectivity index (χ3n) is 5.24. The number of anilines is 1. The van der Waals surface area contributed by atoms with E-state index in [1.807, 2.05) is 43.3 Å². The lowest BCUT2D eigenvalue weighted by Crippen LogP contribution is -2.36. The minimum atomic E-state index is -1.11. The molecule has 0 radical (unpaired) electrons. The summed E-state index contributed by atoms with van der Waals surface area (Å²) in [4.78, 5) is 39.5. The fourth-order valence-electron chi connectivity index (χ4n) is 3.34. The number of aromatic nitrogens is 3. The number of rotatable bonds is 6. The van der Waals surface area contributed by atoms with Gasteiger partial charge >= 0.3 is 11.9 Å². The second-order valence-electron chi connectivity index (χ2n) is 9.54. The average Bonchev–Trinajstić information content (AvgIpc) is 3.21. The number of benzene rings is 1. The van der Waals surface area contributed by atoms with Crippen molar-refractivity contribution in [3.63, 3.8) is 0 Å². The molecule has 1 aromatic heterocycles. The summed E-state index contributed by atoms with van der Waals surface area (Å²) in [5.41, 5.74) is 0.401. The van der Waals surface area contributed by atoms with Crippen molar-refractivity contribution in [2.24, 2.45) is 5.41 Å². The van der Waals surface area contributed by atoms with Gasteiger partial charge in [-0.15, -0.1) is 5.10 Å². The number of hydrogen-bond donors (Lipinski definition) is 0. The molecule has 1 aliphatic rings. The van der Waals surface area contributed by atoms with Gasteiger partial charge in [0.1, 0.15) is 17.9 Å². The fraction of sp³-hybridized carbons (Fsp3) is 0.458. The van der Waals surface area contributed by atoms with E-state index in [1.54, 1.807) is 38.6 Å². The second kappa shape index (κ2) is 9.17. The Labute approximate surface area is 193 Å². The van der Waals surface area contributed by atoms with Gasteiger partial charge < -0.3 is 14.4 Å². The highest BCUT2D eigenvalue weighted by Gasteiger charge is 2.40. The molecule has 0 saturated heterocycles. The van der Waals surface area contributed by atoms with E-state index < -0.39 is 23.0 Å². The molecule has 0 saturated carbocycles. The number of hydrogen-bond acceptors (Lipinski definition) is 8. The summed E-state index contributed by atoms with van der Waals surface area (Å²) in [5, 5.41) is 8.16. The van der Waals surface area contributed by atoms with Crippen LogP contribution in [0.25, 0.3) is 5.69 Å². The smallest absolute Gasteiger partial charge is 0.341 e. The highest BCUT2D eigenvalue weighted by atomic mass is 16.6. The van der Waals surface area contributed by atoms with Crippen molar-refractivity contribution >= 4 is 23.4 Å². The van der Waals surface area contributed by atoms with Gasteiger partial charge in [-0.05, 0) is 64.5 Å². The summed E-state index contributed by atoms with van der Waals surface area (Å²) in [5.74, 6) is -1.60. The van der Waals surface area contributed by atoms with Crippen LogP contribution in [0, 0.1) is 5.41 Å². The fourth-order valence-corrected chi connectivity index (χ4v) is 3.34. The van der Waals surface area contributed by atoms with E-state index in [1.165, 1.54) is 6.08 Å². The van der Waals surface area contributed by atoms with Gasteiger partial charge in [-0.25, -0.2) is 9.48 Å². The van der Waals surface area contributed by atoms with Crippen molar-refractivity contribution in [1.29, 1.82) is 0 Å². The Morgan fingerprint density at radius 2 is 1.85 bits per heavy atom. The van der Waals surface area contributed by atoms with Crippen molar-refractivity contribution < 1.29 is 23.9 Å². The average molecular weight is 455 g/mol. The Hall–Kier alpha value is -3.49. The molecule has 176 valence electrons. The molecule has 0 amide bonds. The Morgan fingerprint density at radius 1 is 1.18 bits per heavy atom. The lowest BCUT2D eigenvalue weighted by molar-refractivity contribution is -0.155. The summed E-state index contributed by atoms with van der Waals surface area (Å²) in [6, 6.07) is 7.78. The zero-order chi connectivity index (χ0) is 24.4. The molecule has 2 aromatic rings. The van der Waals surface area contributed by atoms with Crippen LogP contribution in [-0.2, 0) is 30.5 Å². The van der Waals surface area contributed by atoms with Crippen LogP contribution in [0.1, 0.15) is 46.2 Å². The van der Waals surface area contributed by atoms with Crippen LogP contribution in [0.5, 0.6) is 0 Å². The molecule has 1 aromatic carbocycles. The predicted octanol–water partition coefficient (Wildman–Crippen LogP) is 3.01. The maximum Gasteiger partial charge on any atom is 0.341 e. The zero-order valence-corrected chi connectivity index (χ0v) is 19.9. The molecule has 3 rings (SSSR count). The Bertz CT molecular complexity index is 1080. The molecule has 0 fully saturated rings. The molecule has 0 spiro atoms. The summed E-state index contributed by atoms with van der Waals surface area (Å²) in [6.07, 6.45) is 3.38. The summed E-state index contributed by atoms with van der Waals surface area (Å²) >= 11 is 0. The van der Waals surface area contributed by atoms with Crippen LogP contribution in [0.3, 0.4) is 0 Å². The molecule has 1 atom stereocenters. The molecule has 9 nitrogen and oxygen atoms in total. The van der Waals surface area contributed by atoms with Crippen LogP contribution in [0.15, 0.2) is 42.1 Å². The largest absolute Gasteiger partial charge is 0.458 e. The van der Waals surface area contributed by atoms with Crippen LogP contribution in [0.2, 0.25) is 0 Å². The van der Waals surface area contributed by atoms with Gasteiger partial charge in [0.2, 0.25) is 0 Å². The molecule has 0 aliphatic heterocycles. The third kappa shape index (κ3) is 5.85. The number of carbonyl (C=O) groups is 3. The van der Waals surface area contributed by atoms with Crippen molar-refractivity contribution in [2.75, 3.05) is 19.0 Å². The molecular formula is C24H30N4O5. The second-order valence-corrected chi connectivity index (χ2v) is 9.54. The number of carbonyl (C=O) groups excluding carboxylic acids is 3. The van der Waals surface area contributed by atoms with Gasteiger partial charge in [-0.1, -0.05) is 5.21 Å². The Morgan fingerprint density at radius 3 is 2.45 bits per heavy atom. The normalized spacial score (nSPS) is 18.5. The minimum Gasteiger partial charge on any atom is -0.458 e. The number of esters is 2. The molecule has 1 aliphatic carbocycles. The lowest BCUT2D eigenvalue weighted by atomic mass is 9.77. The molecule has 1 unspecified atom stereocenters. The third-order valence-corrected chi connectivity index (χ3v) is 5.24. The molecular weight excluding hydrogens is 424 g/mol. The zero-order valence-electron chi connectivity index (χ0n) is 19.9. The SMILES string of the molecule is CN(C)c1ccc(-n2cc(COC(=O)C3(C)C=C(C(=O)OC(C)(C)C)C(=O)CC3)nn2)cc1. The van der Waals surface area contributed by atoms with E-state index >= 15 is 0 Å². The van der Waals surface area contributed by atoms with E-state index in [0.717, 1.165) is 11.4 Å². The summed E-state index contributed by atoms with van der Waals surface area (Å²) < 4.78 is 12.4. The van der Waals surface area contributed by atoms with E-state index in [4.69, 9.17) is 9.47 Å². The van der Waals surface area contributed by atoms with Crippen LogP contribution in [0.4, 0.5) is 5.69 Å². The monoisotopic (exact) mass is 454 g/mol. The first kappa shape index (κ1) is 24.2. The summed E-state index contributed by atoms with van der Waals surface area (Å²) in [6.45, 7) is 6.73. The Balaban J connectivity index is 1.67. The van der Waals surface area contributed by atoms with Crippen LogP contribution >= 0.6 is 0 Å². The van der Waals surface area contributed by atoms with E-state index in [0.29, 0.717) is 5.69 Å². The lowest BCUT2D eigenvalue weighted by Gasteiger charge is -2.29. The van der Waals surface area contributed by atoms with Gasteiger partial charge in [0, 0.05) is 26.2 Å². The number of nitrogens with zero attached hydrogens (tertiary/aromatic N) is 4. The first-order chi connectivity index (χ1) is 15.4. The van der Waals surface area contributed by atoms with Crippen molar-refractivity contribution in [3.05, 3.63) is 47.8 Å². The number of ketones is 1. The van der Waals surface area contributed by atoms with Gasteiger partial charge in [0.25, 0.3) is 0 Å². The maximum absolute atomic E-state index is 12.8. The van der Waals surface area contributed by atoms with Gasteiger partial charge in [-0.3, -0.25) is 9.59 Å².